The van der Waals surface area contributed by atoms with Gasteiger partial charge in [0.15, 0.2) is 0 Å². The minimum atomic E-state index is 1.09. The second-order valence-corrected chi connectivity index (χ2v) is 4.41. The van der Waals surface area contributed by atoms with Crippen LogP contribution in [0.5, 0.6) is 0 Å². The summed E-state index contributed by atoms with van der Waals surface area (Å²) in [5, 5.41) is 3.48. The number of hydrogen-bond donors (Lipinski definition) is 1. The molecule has 0 aliphatic heterocycles. The van der Waals surface area contributed by atoms with E-state index in [-0.39, 0.29) is 0 Å². The van der Waals surface area contributed by atoms with E-state index in [0.29, 0.717) is 0 Å². The van der Waals surface area contributed by atoms with Crippen LogP contribution in [0.2, 0.25) is 0 Å². The van der Waals surface area contributed by atoms with Gasteiger partial charge in [0.1, 0.15) is 0 Å². The van der Waals surface area contributed by atoms with Crippen LogP contribution in [-0.2, 0) is 0 Å². The van der Waals surface area contributed by atoms with E-state index in [1.54, 1.807) is 0 Å². The van der Waals surface area contributed by atoms with Crippen LogP contribution in [-0.4, -0.2) is 13.1 Å². The van der Waals surface area contributed by atoms with Crippen molar-refractivity contribution in [1.82, 2.24) is 5.32 Å². The van der Waals surface area contributed by atoms with Crippen molar-refractivity contribution in [2.24, 2.45) is 0 Å². The Kier molecular flexibility index (Phi) is 8.31. The molecule has 0 atom stereocenters. The van der Waals surface area contributed by atoms with Gasteiger partial charge in [-0.15, -0.1) is 0 Å². The lowest BCUT2D eigenvalue weighted by Gasteiger charge is -2.01. The Morgan fingerprint density at radius 2 is 1.82 bits per heavy atom. The van der Waals surface area contributed by atoms with Gasteiger partial charge in [0.25, 0.3) is 0 Å². The molecule has 1 aromatic rings. The first-order chi connectivity index (χ1) is 8.43. The zero-order valence-electron chi connectivity index (χ0n) is 11.0. The first-order valence-corrected chi connectivity index (χ1v) is 6.86. The predicted octanol–water partition coefficient (Wildman–Crippen LogP) is 4.26. The molecule has 1 rings (SSSR count). The summed E-state index contributed by atoms with van der Waals surface area (Å²) in [6.45, 7) is 4.51. The van der Waals surface area contributed by atoms with E-state index in [0.717, 1.165) is 13.0 Å². The third-order valence-corrected chi connectivity index (χ3v) is 2.80. The van der Waals surface area contributed by atoms with Gasteiger partial charge in [-0.25, -0.2) is 0 Å². The minimum Gasteiger partial charge on any atom is -0.316 e. The average molecular weight is 231 g/mol. The van der Waals surface area contributed by atoms with Gasteiger partial charge in [-0.1, -0.05) is 68.7 Å². The normalized spacial score (nSPS) is 11.1. The first kappa shape index (κ1) is 14.0. The molecule has 0 aliphatic rings. The SMILES string of the molecule is CCCCCCNCCC=Cc1ccccc1. The van der Waals surface area contributed by atoms with Crippen molar-refractivity contribution in [3.8, 4) is 0 Å². The maximum atomic E-state index is 3.48. The van der Waals surface area contributed by atoms with Crippen LogP contribution in [0, 0.1) is 0 Å². The second-order valence-electron chi connectivity index (χ2n) is 4.41. The summed E-state index contributed by atoms with van der Waals surface area (Å²) in [5.74, 6) is 0. The maximum Gasteiger partial charge on any atom is -0.00142 e. The molecule has 1 aromatic carbocycles. The van der Waals surface area contributed by atoms with Crippen LogP contribution in [0.25, 0.3) is 6.08 Å². The Morgan fingerprint density at radius 3 is 2.59 bits per heavy atom. The summed E-state index contributed by atoms with van der Waals surface area (Å²) in [7, 11) is 0. The molecule has 1 nitrogen and oxygen atoms in total. The third kappa shape index (κ3) is 7.76. The Balaban J connectivity index is 1.95. The van der Waals surface area contributed by atoms with Crippen molar-refractivity contribution in [2.45, 2.75) is 39.0 Å². The van der Waals surface area contributed by atoms with Crippen LogP contribution >= 0.6 is 0 Å². The predicted molar refractivity (Wildman–Crippen MR) is 77.1 cm³/mol. The van der Waals surface area contributed by atoms with Crippen molar-refractivity contribution in [2.75, 3.05) is 13.1 Å². The minimum absolute atomic E-state index is 1.09. The van der Waals surface area contributed by atoms with Gasteiger partial charge >= 0.3 is 0 Å². The molecule has 0 unspecified atom stereocenters. The molecular formula is C16H25N. The van der Waals surface area contributed by atoms with Gasteiger partial charge in [-0.05, 0) is 31.5 Å². The lowest BCUT2D eigenvalue weighted by molar-refractivity contribution is 0.601. The van der Waals surface area contributed by atoms with Crippen LogP contribution in [0.1, 0.15) is 44.6 Å². The fraction of sp³-hybridized carbons (Fsp3) is 0.500. The molecule has 0 amide bonds. The summed E-state index contributed by atoms with van der Waals surface area (Å²) >= 11 is 0. The third-order valence-electron chi connectivity index (χ3n) is 2.80. The van der Waals surface area contributed by atoms with Gasteiger partial charge in [-0.2, -0.15) is 0 Å². The quantitative estimate of drug-likeness (QED) is 0.626. The highest BCUT2D eigenvalue weighted by molar-refractivity contribution is 5.48. The number of hydrogen-bond acceptors (Lipinski definition) is 1. The van der Waals surface area contributed by atoms with E-state index in [9.17, 15) is 0 Å². The van der Waals surface area contributed by atoms with Crippen molar-refractivity contribution in [3.63, 3.8) is 0 Å². The summed E-state index contributed by atoms with van der Waals surface area (Å²) in [5.41, 5.74) is 1.29. The van der Waals surface area contributed by atoms with Crippen molar-refractivity contribution < 1.29 is 0 Å². The molecule has 0 saturated heterocycles. The molecule has 0 spiro atoms. The van der Waals surface area contributed by atoms with E-state index in [1.807, 2.05) is 0 Å². The van der Waals surface area contributed by atoms with Gasteiger partial charge in [0.05, 0.1) is 0 Å². The zero-order valence-corrected chi connectivity index (χ0v) is 11.0. The number of rotatable bonds is 9. The fourth-order valence-electron chi connectivity index (χ4n) is 1.77. The second kappa shape index (κ2) is 10.1. The van der Waals surface area contributed by atoms with Crippen LogP contribution < -0.4 is 5.32 Å². The number of nitrogens with one attached hydrogen (secondary N) is 1. The molecule has 0 radical (unpaired) electrons. The van der Waals surface area contributed by atoms with E-state index >= 15 is 0 Å². The molecule has 0 fully saturated rings. The summed E-state index contributed by atoms with van der Waals surface area (Å²) in [6.07, 6.45) is 10.9. The van der Waals surface area contributed by atoms with E-state index in [1.165, 1.54) is 37.8 Å². The fourth-order valence-corrected chi connectivity index (χ4v) is 1.77. The van der Waals surface area contributed by atoms with Crippen molar-refractivity contribution in [3.05, 3.63) is 42.0 Å². The molecule has 1 N–H and O–H groups in total. The van der Waals surface area contributed by atoms with Crippen LogP contribution in [0.4, 0.5) is 0 Å². The number of benzene rings is 1. The molecule has 0 heterocycles. The van der Waals surface area contributed by atoms with Crippen molar-refractivity contribution >= 4 is 6.08 Å². The Bertz CT molecular complexity index is 290. The van der Waals surface area contributed by atoms with Crippen LogP contribution in [0.15, 0.2) is 36.4 Å². The smallest absolute Gasteiger partial charge is 0.00142 e. The molecule has 0 aromatic heterocycles. The van der Waals surface area contributed by atoms with Gasteiger partial charge in [0, 0.05) is 0 Å². The lowest BCUT2D eigenvalue weighted by Crippen LogP contribution is -2.15. The topological polar surface area (TPSA) is 12.0 Å². The standard InChI is InChI=1S/C16H25N/c1-2-3-4-9-14-17-15-10-8-13-16-11-6-5-7-12-16/h5-8,11-13,17H,2-4,9-10,14-15H2,1H3. The van der Waals surface area contributed by atoms with Gasteiger partial charge < -0.3 is 5.32 Å². The summed E-state index contributed by atoms with van der Waals surface area (Å²) in [4.78, 5) is 0. The van der Waals surface area contributed by atoms with Gasteiger partial charge in [0.2, 0.25) is 0 Å². The zero-order chi connectivity index (χ0) is 12.2. The van der Waals surface area contributed by atoms with Crippen molar-refractivity contribution in [1.29, 1.82) is 0 Å². The Labute approximate surface area is 106 Å². The van der Waals surface area contributed by atoms with E-state index in [4.69, 9.17) is 0 Å². The van der Waals surface area contributed by atoms with Gasteiger partial charge in [-0.3, -0.25) is 0 Å². The van der Waals surface area contributed by atoms with Crippen LogP contribution in [0.3, 0.4) is 0 Å². The molecule has 0 aliphatic carbocycles. The molecular weight excluding hydrogens is 206 g/mol. The molecule has 17 heavy (non-hydrogen) atoms. The largest absolute Gasteiger partial charge is 0.316 e. The maximum absolute atomic E-state index is 3.48. The highest BCUT2D eigenvalue weighted by Crippen LogP contribution is 2.01. The molecule has 94 valence electrons. The average Bonchev–Trinajstić information content (AvgIpc) is 2.38. The molecule has 1 heteroatoms. The lowest BCUT2D eigenvalue weighted by atomic mass is 10.2. The highest BCUT2D eigenvalue weighted by Gasteiger charge is 1.87. The Hall–Kier alpha value is -1.08. The summed E-state index contributed by atoms with van der Waals surface area (Å²) in [6, 6.07) is 10.5. The first-order valence-electron chi connectivity index (χ1n) is 6.86. The van der Waals surface area contributed by atoms with E-state index < -0.39 is 0 Å². The molecule has 0 bridgehead atoms. The Morgan fingerprint density at radius 1 is 1.00 bits per heavy atom. The summed E-state index contributed by atoms with van der Waals surface area (Å²) < 4.78 is 0. The monoisotopic (exact) mass is 231 g/mol. The number of unbranched alkanes of at least 4 members (excludes halogenated alkanes) is 3. The van der Waals surface area contributed by atoms with E-state index in [2.05, 4.69) is 54.7 Å². The highest BCUT2D eigenvalue weighted by atomic mass is 14.8. The molecule has 0 saturated carbocycles.